The first-order valence-electron chi connectivity index (χ1n) is 12.9. The molecule has 9 nitrogen and oxygen atoms in total. The van der Waals surface area contributed by atoms with Crippen molar-refractivity contribution in [2.75, 3.05) is 46.6 Å². The molecule has 0 spiro atoms. The summed E-state index contributed by atoms with van der Waals surface area (Å²) in [4.78, 5) is 38.5. The molecule has 2 rings (SSSR count). The Morgan fingerprint density at radius 3 is 2.17 bits per heavy atom. The monoisotopic (exact) mass is 511 g/mol. The molecule has 0 aromatic heterocycles. The normalized spacial score (nSPS) is 28.4. The lowest BCUT2D eigenvalue weighted by Gasteiger charge is -2.51. The number of rotatable bonds is 11. The van der Waals surface area contributed by atoms with Crippen molar-refractivity contribution in [3.05, 3.63) is 11.6 Å². The van der Waals surface area contributed by atoms with Crippen LogP contribution in [0.2, 0.25) is 0 Å². The second-order valence-corrected chi connectivity index (χ2v) is 11.0. The van der Waals surface area contributed by atoms with Crippen molar-refractivity contribution in [1.29, 1.82) is 0 Å². The average molecular weight is 512 g/mol. The van der Waals surface area contributed by atoms with E-state index in [0.717, 1.165) is 6.42 Å². The zero-order chi connectivity index (χ0) is 27.1. The first kappa shape index (κ1) is 30.3. The molecule has 1 aliphatic heterocycles. The Kier molecular flexibility index (Phi) is 10.9. The van der Waals surface area contributed by atoms with Crippen LogP contribution < -0.4 is 0 Å². The maximum atomic E-state index is 13.2. The lowest BCUT2D eigenvalue weighted by molar-refractivity contribution is -0.229. The van der Waals surface area contributed by atoms with E-state index in [4.69, 9.17) is 23.7 Å². The molecule has 4 unspecified atom stereocenters. The summed E-state index contributed by atoms with van der Waals surface area (Å²) in [6.07, 6.45) is 2.76. The van der Waals surface area contributed by atoms with Gasteiger partial charge in [0.25, 0.3) is 0 Å². The maximum absolute atomic E-state index is 13.2. The third-order valence-corrected chi connectivity index (χ3v) is 7.04. The Morgan fingerprint density at radius 2 is 1.64 bits per heavy atom. The van der Waals surface area contributed by atoms with E-state index < -0.39 is 11.7 Å². The standard InChI is InChI=1S/C27H45NO8/c1-9-20-21(13-23-35-15-26(5,6)16-36-23)22(25(31)32-10-2)14-27(7,17-34-19(4)30)24(20)28(8)11-12-33-18(3)29/h14,20-21,23-24H,9-13,15-17H2,1-8H3. The summed E-state index contributed by atoms with van der Waals surface area (Å²) in [7, 11) is 1.97. The summed E-state index contributed by atoms with van der Waals surface area (Å²) >= 11 is 0. The van der Waals surface area contributed by atoms with Gasteiger partial charge in [0.05, 0.1) is 19.8 Å². The fourth-order valence-corrected chi connectivity index (χ4v) is 5.48. The highest BCUT2D eigenvalue weighted by molar-refractivity contribution is 5.89. The SMILES string of the molecule is CCOC(=O)C1=CC(C)(COC(C)=O)C(N(C)CCOC(C)=O)C(CC)C1CC1OCC(C)(C)CO1. The van der Waals surface area contributed by atoms with Crippen LogP contribution in [-0.2, 0) is 38.1 Å². The zero-order valence-electron chi connectivity index (χ0n) is 23.3. The van der Waals surface area contributed by atoms with E-state index in [1.807, 2.05) is 20.0 Å². The average Bonchev–Trinajstić information content (AvgIpc) is 2.79. The minimum Gasteiger partial charge on any atom is -0.465 e. The molecule has 4 atom stereocenters. The van der Waals surface area contributed by atoms with Gasteiger partial charge in [0, 0.05) is 49.3 Å². The lowest BCUT2D eigenvalue weighted by Crippen LogP contribution is -2.57. The van der Waals surface area contributed by atoms with E-state index in [1.165, 1.54) is 13.8 Å². The lowest BCUT2D eigenvalue weighted by atomic mass is 9.61. The summed E-state index contributed by atoms with van der Waals surface area (Å²) in [6, 6.07) is -0.111. The Hall–Kier alpha value is -1.97. The minimum absolute atomic E-state index is 0.000529. The molecule has 1 saturated heterocycles. The van der Waals surface area contributed by atoms with Crippen molar-refractivity contribution in [3.63, 3.8) is 0 Å². The van der Waals surface area contributed by atoms with Crippen molar-refractivity contribution >= 4 is 17.9 Å². The van der Waals surface area contributed by atoms with Gasteiger partial charge in [-0.1, -0.05) is 40.2 Å². The fourth-order valence-electron chi connectivity index (χ4n) is 5.48. The van der Waals surface area contributed by atoms with Crippen LogP contribution in [0.25, 0.3) is 0 Å². The van der Waals surface area contributed by atoms with E-state index in [2.05, 4.69) is 25.7 Å². The van der Waals surface area contributed by atoms with Crippen molar-refractivity contribution in [2.24, 2.45) is 22.7 Å². The van der Waals surface area contributed by atoms with E-state index in [9.17, 15) is 14.4 Å². The second-order valence-electron chi connectivity index (χ2n) is 11.0. The van der Waals surface area contributed by atoms with Crippen LogP contribution in [0.5, 0.6) is 0 Å². The maximum Gasteiger partial charge on any atom is 0.333 e. The van der Waals surface area contributed by atoms with Gasteiger partial charge in [0.15, 0.2) is 6.29 Å². The van der Waals surface area contributed by atoms with Gasteiger partial charge in [-0.2, -0.15) is 0 Å². The molecule has 0 amide bonds. The van der Waals surface area contributed by atoms with Crippen molar-refractivity contribution < 1.29 is 38.1 Å². The smallest absolute Gasteiger partial charge is 0.333 e. The Balaban J connectivity index is 2.47. The first-order valence-corrected chi connectivity index (χ1v) is 12.9. The molecule has 0 radical (unpaired) electrons. The zero-order valence-corrected chi connectivity index (χ0v) is 23.3. The highest BCUT2D eigenvalue weighted by atomic mass is 16.7. The number of ether oxygens (including phenoxy) is 5. The van der Waals surface area contributed by atoms with E-state index in [-0.39, 0.29) is 61.0 Å². The highest BCUT2D eigenvalue weighted by Crippen LogP contribution is 2.48. The molecule has 1 heterocycles. The summed E-state index contributed by atoms with van der Waals surface area (Å²) in [5.74, 6) is -1.28. The number of hydrogen-bond acceptors (Lipinski definition) is 9. The second kappa shape index (κ2) is 13.0. The van der Waals surface area contributed by atoms with Gasteiger partial charge >= 0.3 is 17.9 Å². The summed E-state index contributed by atoms with van der Waals surface area (Å²) in [5.41, 5.74) is -0.165. The fraction of sp³-hybridized carbons (Fsp3) is 0.815. The highest BCUT2D eigenvalue weighted by Gasteiger charge is 2.50. The molecule has 1 fully saturated rings. The van der Waals surface area contributed by atoms with Gasteiger partial charge in [-0.3, -0.25) is 14.5 Å². The van der Waals surface area contributed by atoms with Gasteiger partial charge in [-0.15, -0.1) is 0 Å². The molecule has 1 aliphatic carbocycles. The molecular formula is C27H45NO8. The molecule has 9 heteroatoms. The van der Waals surface area contributed by atoms with E-state index >= 15 is 0 Å². The predicted octanol–water partition coefficient (Wildman–Crippen LogP) is 3.35. The van der Waals surface area contributed by atoms with Crippen LogP contribution in [0.15, 0.2) is 11.6 Å². The Bertz CT molecular complexity index is 800. The number of esters is 3. The third-order valence-electron chi connectivity index (χ3n) is 7.04. The first-order chi connectivity index (χ1) is 16.8. The van der Waals surface area contributed by atoms with Crippen LogP contribution in [0.3, 0.4) is 0 Å². The molecule has 0 N–H and O–H groups in total. The minimum atomic E-state index is -0.674. The van der Waals surface area contributed by atoms with Crippen LogP contribution in [0, 0.1) is 22.7 Å². The third kappa shape index (κ3) is 8.02. The number of likely N-dealkylation sites (N-methyl/N-ethyl adjacent to an activating group) is 1. The molecule has 0 saturated carbocycles. The van der Waals surface area contributed by atoms with Gasteiger partial charge in [-0.25, -0.2) is 4.79 Å². The largest absolute Gasteiger partial charge is 0.465 e. The van der Waals surface area contributed by atoms with Gasteiger partial charge in [-0.05, 0) is 25.8 Å². The Morgan fingerprint density at radius 1 is 1.03 bits per heavy atom. The topological polar surface area (TPSA) is 101 Å². The number of carbonyl (C=O) groups is 3. The van der Waals surface area contributed by atoms with Crippen molar-refractivity contribution in [2.45, 2.75) is 73.6 Å². The molecule has 0 aromatic carbocycles. The molecule has 0 bridgehead atoms. The van der Waals surface area contributed by atoms with Gasteiger partial charge in [0.1, 0.15) is 13.2 Å². The summed E-state index contributed by atoms with van der Waals surface area (Å²) < 4.78 is 28.3. The molecule has 2 aliphatic rings. The number of hydrogen-bond donors (Lipinski definition) is 0. The summed E-state index contributed by atoms with van der Waals surface area (Å²) in [6.45, 7) is 15.1. The van der Waals surface area contributed by atoms with Crippen molar-refractivity contribution in [3.8, 4) is 0 Å². The summed E-state index contributed by atoms with van der Waals surface area (Å²) in [5, 5.41) is 0. The molecular weight excluding hydrogens is 466 g/mol. The van der Waals surface area contributed by atoms with Crippen molar-refractivity contribution in [1.82, 2.24) is 4.90 Å². The van der Waals surface area contributed by atoms with Crippen LogP contribution in [0.4, 0.5) is 0 Å². The molecule has 0 aromatic rings. The van der Waals surface area contributed by atoms with E-state index in [1.54, 1.807) is 6.92 Å². The van der Waals surface area contributed by atoms with Gasteiger partial charge in [0.2, 0.25) is 0 Å². The Labute approximate surface area is 215 Å². The van der Waals surface area contributed by atoms with Gasteiger partial charge < -0.3 is 23.7 Å². The van der Waals surface area contributed by atoms with Crippen LogP contribution in [0.1, 0.15) is 61.3 Å². The number of carbonyl (C=O) groups excluding carboxylic acids is 3. The van der Waals surface area contributed by atoms with E-state index in [0.29, 0.717) is 31.8 Å². The number of nitrogens with zero attached hydrogens (tertiary/aromatic N) is 1. The quantitative estimate of drug-likeness (QED) is 0.305. The van der Waals surface area contributed by atoms with Crippen LogP contribution >= 0.6 is 0 Å². The molecule has 206 valence electrons. The van der Waals surface area contributed by atoms with Crippen LogP contribution in [-0.4, -0.2) is 81.8 Å². The predicted molar refractivity (Wildman–Crippen MR) is 134 cm³/mol. The molecule has 36 heavy (non-hydrogen) atoms.